The lowest BCUT2D eigenvalue weighted by molar-refractivity contribution is 0.567. The molecule has 0 fully saturated rings. The zero-order chi connectivity index (χ0) is 9.97. The highest BCUT2D eigenvalue weighted by Gasteiger charge is 2.06. The van der Waals surface area contributed by atoms with Crippen molar-refractivity contribution >= 4 is 5.69 Å². The third-order valence-corrected chi connectivity index (χ3v) is 1.94. The van der Waals surface area contributed by atoms with Gasteiger partial charge in [-0.15, -0.1) is 0 Å². The van der Waals surface area contributed by atoms with E-state index in [0.717, 1.165) is 5.56 Å². The van der Waals surface area contributed by atoms with Crippen molar-refractivity contribution < 1.29 is 4.42 Å². The number of furan rings is 1. The van der Waals surface area contributed by atoms with Crippen LogP contribution in [0.3, 0.4) is 0 Å². The van der Waals surface area contributed by atoms with Gasteiger partial charge in [0.15, 0.2) is 0 Å². The van der Waals surface area contributed by atoms with Gasteiger partial charge in [0.1, 0.15) is 11.8 Å². The van der Waals surface area contributed by atoms with Crippen LogP contribution in [0.4, 0.5) is 5.69 Å². The molecule has 0 atom stereocenters. The van der Waals surface area contributed by atoms with E-state index in [4.69, 9.17) is 15.4 Å². The van der Waals surface area contributed by atoms with Crippen LogP contribution in [0.25, 0.3) is 11.3 Å². The van der Waals surface area contributed by atoms with Crippen molar-refractivity contribution in [2.75, 3.05) is 5.73 Å². The van der Waals surface area contributed by atoms with E-state index in [1.54, 1.807) is 18.2 Å². The summed E-state index contributed by atoms with van der Waals surface area (Å²) in [6.45, 7) is 0. The SMILES string of the molecule is N#Cc1ccc(-c2ccccc2N)o1. The van der Waals surface area contributed by atoms with Crippen molar-refractivity contribution in [3.05, 3.63) is 42.2 Å². The van der Waals surface area contributed by atoms with Gasteiger partial charge in [0.2, 0.25) is 5.76 Å². The van der Waals surface area contributed by atoms with E-state index in [0.29, 0.717) is 17.2 Å². The third kappa shape index (κ3) is 1.34. The van der Waals surface area contributed by atoms with Crippen LogP contribution in [0.2, 0.25) is 0 Å². The van der Waals surface area contributed by atoms with Crippen LogP contribution >= 0.6 is 0 Å². The van der Waals surface area contributed by atoms with Gasteiger partial charge in [0.05, 0.1) is 0 Å². The highest BCUT2D eigenvalue weighted by molar-refractivity contribution is 5.72. The van der Waals surface area contributed by atoms with Crippen molar-refractivity contribution in [2.24, 2.45) is 0 Å². The fraction of sp³-hybridized carbons (Fsp3) is 0. The number of nitriles is 1. The number of nitrogens with zero attached hydrogens (tertiary/aromatic N) is 1. The molecule has 3 heteroatoms. The van der Waals surface area contributed by atoms with Gasteiger partial charge >= 0.3 is 0 Å². The van der Waals surface area contributed by atoms with Crippen molar-refractivity contribution in [2.45, 2.75) is 0 Å². The molecule has 3 nitrogen and oxygen atoms in total. The van der Waals surface area contributed by atoms with Crippen molar-refractivity contribution in [3.63, 3.8) is 0 Å². The van der Waals surface area contributed by atoms with E-state index in [-0.39, 0.29) is 0 Å². The van der Waals surface area contributed by atoms with Crippen LogP contribution in [0, 0.1) is 11.3 Å². The van der Waals surface area contributed by atoms with Gasteiger partial charge in [-0.25, -0.2) is 0 Å². The Kier molecular flexibility index (Phi) is 1.96. The number of nitrogens with two attached hydrogens (primary N) is 1. The highest BCUT2D eigenvalue weighted by atomic mass is 16.3. The molecule has 0 saturated heterocycles. The summed E-state index contributed by atoms with van der Waals surface area (Å²) in [5.41, 5.74) is 7.22. The van der Waals surface area contributed by atoms with Gasteiger partial charge in [-0.3, -0.25) is 0 Å². The predicted molar refractivity (Wildman–Crippen MR) is 53.3 cm³/mol. The lowest BCUT2D eigenvalue weighted by Gasteiger charge is -1.99. The molecule has 0 spiro atoms. The molecule has 0 aliphatic carbocycles. The Bertz CT molecular complexity index is 494. The molecule has 1 aromatic carbocycles. The van der Waals surface area contributed by atoms with Gasteiger partial charge < -0.3 is 10.2 Å². The van der Waals surface area contributed by atoms with Crippen molar-refractivity contribution in [1.29, 1.82) is 5.26 Å². The second-order valence-corrected chi connectivity index (χ2v) is 2.86. The molecule has 0 saturated carbocycles. The topological polar surface area (TPSA) is 63.0 Å². The van der Waals surface area contributed by atoms with Gasteiger partial charge in [0, 0.05) is 11.3 Å². The number of hydrogen-bond donors (Lipinski definition) is 1. The zero-order valence-electron chi connectivity index (χ0n) is 7.40. The molecular formula is C11H8N2O. The largest absolute Gasteiger partial charge is 0.446 e. The average molecular weight is 184 g/mol. The van der Waals surface area contributed by atoms with Crippen LogP contribution in [0.1, 0.15) is 5.76 Å². The summed E-state index contributed by atoms with van der Waals surface area (Å²) < 4.78 is 5.26. The van der Waals surface area contributed by atoms with E-state index in [1.807, 2.05) is 24.3 Å². The molecule has 0 unspecified atom stereocenters. The minimum absolute atomic E-state index is 0.295. The third-order valence-electron chi connectivity index (χ3n) is 1.94. The summed E-state index contributed by atoms with van der Waals surface area (Å²) in [6, 6.07) is 12.7. The maximum atomic E-state index is 8.59. The smallest absolute Gasteiger partial charge is 0.204 e. The predicted octanol–water partition coefficient (Wildman–Crippen LogP) is 2.40. The molecule has 14 heavy (non-hydrogen) atoms. The standard InChI is InChI=1S/C11H8N2O/c12-7-8-5-6-11(14-8)9-3-1-2-4-10(9)13/h1-6H,13H2. The van der Waals surface area contributed by atoms with Gasteiger partial charge in [-0.05, 0) is 24.3 Å². The first kappa shape index (κ1) is 8.39. The fourth-order valence-electron chi connectivity index (χ4n) is 1.26. The van der Waals surface area contributed by atoms with E-state index in [2.05, 4.69) is 0 Å². The molecule has 0 aliphatic heterocycles. The lowest BCUT2D eigenvalue weighted by Crippen LogP contribution is -1.87. The summed E-state index contributed by atoms with van der Waals surface area (Å²) in [6.07, 6.45) is 0. The maximum Gasteiger partial charge on any atom is 0.204 e. The van der Waals surface area contributed by atoms with Crippen LogP contribution in [-0.4, -0.2) is 0 Å². The summed E-state index contributed by atoms with van der Waals surface area (Å²) in [5.74, 6) is 0.919. The first-order valence-corrected chi connectivity index (χ1v) is 4.16. The molecule has 1 aromatic heterocycles. The molecule has 0 radical (unpaired) electrons. The van der Waals surface area contributed by atoms with E-state index in [9.17, 15) is 0 Å². The van der Waals surface area contributed by atoms with E-state index >= 15 is 0 Å². The summed E-state index contributed by atoms with van der Waals surface area (Å²) >= 11 is 0. The second kappa shape index (κ2) is 3.27. The van der Waals surface area contributed by atoms with Gasteiger partial charge in [-0.1, -0.05) is 12.1 Å². The van der Waals surface area contributed by atoms with Crippen LogP contribution in [-0.2, 0) is 0 Å². The monoisotopic (exact) mass is 184 g/mol. The average Bonchev–Trinajstić information content (AvgIpc) is 2.67. The first-order chi connectivity index (χ1) is 6.81. The Morgan fingerprint density at radius 1 is 1.14 bits per heavy atom. The summed E-state index contributed by atoms with van der Waals surface area (Å²) in [5, 5.41) is 8.59. The Labute approximate surface area is 81.4 Å². The molecular weight excluding hydrogens is 176 g/mol. The second-order valence-electron chi connectivity index (χ2n) is 2.86. The van der Waals surface area contributed by atoms with Gasteiger partial charge in [-0.2, -0.15) is 5.26 Å². The van der Waals surface area contributed by atoms with E-state index in [1.165, 1.54) is 0 Å². The molecule has 1 heterocycles. The molecule has 68 valence electrons. The highest BCUT2D eigenvalue weighted by Crippen LogP contribution is 2.26. The molecule has 0 aliphatic rings. The molecule has 2 rings (SSSR count). The number of para-hydroxylation sites is 1. The number of anilines is 1. The number of hydrogen-bond acceptors (Lipinski definition) is 3. The first-order valence-electron chi connectivity index (χ1n) is 4.16. The molecule has 0 amide bonds. The number of benzene rings is 1. The Hall–Kier alpha value is -2.21. The Morgan fingerprint density at radius 2 is 1.93 bits per heavy atom. The molecule has 0 bridgehead atoms. The maximum absolute atomic E-state index is 8.59. The minimum atomic E-state index is 0.295. The van der Waals surface area contributed by atoms with Crippen LogP contribution in [0.15, 0.2) is 40.8 Å². The minimum Gasteiger partial charge on any atom is -0.446 e. The number of rotatable bonds is 1. The molecule has 2 N–H and O–H groups in total. The molecule has 2 aromatic rings. The summed E-state index contributed by atoms with van der Waals surface area (Å²) in [7, 11) is 0. The Morgan fingerprint density at radius 3 is 2.57 bits per heavy atom. The van der Waals surface area contributed by atoms with Crippen LogP contribution < -0.4 is 5.73 Å². The Balaban J connectivity index is 2.51. The lowest BCUT2D eigenvalue weighted by atomic mass is 10.1. The normalized spacial score (nSPS) is 9.64. The summed E-state index contributed by atoms with van der Waals surface area (Å²) in [4.78, 5) is 0. The van der Waals surface area contributed by atoms with E-state index < -0.39 is 0 Å². The van der Waals surface area contributed by atoms with Crippen molar-refractivity contribution in [1.82, 2.24) is 0 Å². The van der Waals surface area contributed by atoms with Crippen LogP contribution in [0.5, 0.6) is 0 Å². The number of nitrogen functional groups attached to an aromatic ring is 1. The van der Waals surface area contributed by atoms with Crippen molar-refractivity contribution in [3.8, 4) is 17.4 Å². The quantitative estimate of drug-likeness (QED) is 0.692. The zero-order valence-corrected chi connectivity index (χ0v) is 7.40. The van der Waals surface area contributed by atoms with Gasteiger partial charge in [0.25, 0.3) is 0 Å². The fourth-order valence-corrected chi connectivity index (χ4v) is 1.26.